The molecule has 3 heteroatoms. The van der Waals surface area contributed by atoms with Crippen molar-refractivity contribution < 1.29 is 9.53 Å². The zero-order chi connectivity index (χ0) is 8.10. The molecule has 1 saturated heterocycles. The Morgan fingerprint density at radius 2 is 2.36 bits per heavy atom. The summed E-state index contributed by atoms with van der Waals surface area (Å²) in [6.07, 6.45) is 2.12. The number of nitrogens with zero attached hydrogens (tertiary/aromatic N) is 1. The second-order valence-corrected chi connectivity index (χ2v) is 2.57. The van der Waals surface area contributed by atoms with Crippen molar-refractivity contribution in [1.82, 2.24) is 4.90 Å². The van der Waals surface area contributed by atoms with Crippen molar-refractivity contribution in [3.05, 3.63) is 12.7 Å². The monoisotopic (exact) mass is 155 g/mol. The largest absolute Gasteiger partial charge is 0.462 e. The molecule has 1 fully saturated rings. The molecule has 0 saturated carbocycles. The van der Waals surface area contributed by atoms with E-state index in [9.17, 15) is 4.79 Å². The molecule has 11 heavy (non-hydrogen) atoms. The van der Waals surface area contributed by atoms with Crippen LogP contribution in [0.3, 0.4) is 0 Å². The predicted molar refractivity (Wildman–Crippen MR) is 42.2 cm³/mol. The van der Waals surface area contributed by atoms with E-state index in [-0.39, 0.29) is 5.97 Å². The van der Waals surface area contributed by atoms with Gasteiger partial charge in [-0.3, -0.25) is 0 Å². The zero-order valence-electron chi connectivity index (χ0n) is 6.58. The molecule has 1 rings (SSSR count). The van der Waals surface area contributed by atoms with Gasteiger partial charge >= 0.3 is 5.97 Å². The van der Waals surface area contributed by atoms with Gasteiger partial charge in [0.25, 0.3) is 0 Å². The lowest BCUT2D eigenvalue weighted by molar-refractivity contribution is -0.137. The lowest BCUT2D eigenvalue weighted by atomic mass is 10.4. The number of rotatable bonds is 5. The molecule has 0 radical (unpaired) electrons. The van der Waals surface area contributed by atoms with Crippen LogP contribution in [0.25, 0.3) is 0 Å². The quantitative estimate of drug-likeness (QED) is 0.249. The van der Waals surface area contributed by atoms with Gasteiger partial charge in [0.1, 0.15) is 0 Å². The van der Waals surface area contributed by atoms with Crippen LogP contribution in [0, 0.1) is 0 Å². The Kier molecular flexibility index (Phi) is 3.11. The van der Waals surface area contributed by atoms with Crippen molar-refractivity contribution in [1.29, 1.82) is 0 Å². The summed E-state index contributed by atoms with van der Waals surface area (Å²) >= 11 is 0. The van der Waals surface area contributed by atoms with Crippen molar-refractivity contribution in [3.63, 3.8) is 0 Å². The van der Waals surface area contributed by atoms with Gasteiger partial charge in [-0.05, 0) is 6.42 Å². The molecule has 0 aliphatic carbocycles. The topological polar surface area (TPSA) is 29.3 Å². The molecule has 0 spiro atoms. The SMILES string of the molecule is C=CC(=O)OCCCN1CC1. The van der Waals surface area contributed by atoms with Crippen molar-refractivity contribution in [2.45, 2.75) is 6.42 Å². The maximum Gasteiger partial charge on any atom is 0.330 e. The summed E-state index contributed by atoms with van der Waals surface area (Å²) in [6, 6.07) is 0. The fourth-order valence-corrected chi connectivity index (χ4v) is 0.814. The minimum atomic E-state index is -0.323. The van der Waals surface area contributed by atoms with Crippen molar-refractivity contribution in [3.8, 4) is 0 Å². The van der Waals surface area contributed by atoms with Crippen LogP contribution >= 0.6 is 0 Å². The Morgan fingerprint density at radius 3 is 2.91 bits per heavy atom. The van der Waals surface area contributed by atoms with E-state index in [0.717, 1.165) is 13.0 Å². The van der Waals surface area contributed by atoms with Gasteiger partial charge in [-0.25, -0.2) is 4.79 Å². The van der Waals surface area contributed by atoms with Gasteiger partial charge in [0.05, 0.1) is 6.61 Å². The maximum absolute atomic E-state index is 10.5. The molecule has 0 aromatic rings. The average molecular weight is 155 g/mol. The van der Waals surface area contributed by atoms with Crippen LogP contribution < -0.4 is 0 Å². The Bertz CT molecular complexity index is 152. The molecule has 0 aromatic heterocycles. The second-order valence-electron chi connectivity index (χ2n) is 2.57. The molecule has 0 N–H and O–H groups in total. The molecular formula is C8H13NO2. The van der Waals surface area contributed by atoms with E-state index in [4.69, 9.17) is 4.74 Å². The molecule has 62 valence electrons. The summed E-state index contributed by atoms with van der Waals surface area (Å²) in [4.78, 5) is 12.8. The fraction of sp³-hybridized carbons (Fsp3) is 0.625. The standard InChI is InChI=1S/C8H13NO2/c1-2-8(10)11-7-3-4-9-5-6-9/h2H,1,3-7H2. The summed E-state index contributed by atoms with van der Waals surface area (Å²) in [5.74, 6) is -0.323. The van der Waals surface area contributed by atoms with Gasteiger partial charge in [0.2, 0.25) is 0 Å². The summed E-state index contributed by atoms with van der Waals surface area (Å²) in [7, 11) is 0. The summed E-state index contributed by atoms with van der Waals surface area (Å²) < 4.78 is 4.79. The molecule has 1 heterocycles. The van der Waals surface area contributed by atoms with Crippen molar-refractivity contribution >= 4 is 5.97 Å². The Hall–Kier alpha value is -0.830. The fourth-order valence-electron chi connectivity index (χ4n) is 0.814. The number of carbonyl (C=O) groups is 1. The summed E-state index contributed by atoms with van der Waals surface area (Å²) in [5.41, 5.74) is 0. The van der Waals surface area contributed by atoms with Gasteiger partial charge in [-0.2, -0.15) is 0 Å². The van der Waals surface area contributed by atoms with E-state index >= 15 is 0 Å². The van der Waals surface area contributed by atoms with Gasteiger partial charge in [0, 0.05) is 25.7 Å². The molecule has 0 unspecified atom stereocenters. The van der Waals surface area contributed by atoms with E-state index < -0.39 is 0 Å². The Morgan fingerprint density at radius 1 is 1.64 bits per heavy atom. The third kappa shape index (κ3) is 3.78. The van der Waals surface area contributed by atoms with Crippen molar-refractivity contribution in [2.75, 3.05) is 26.2 Å². The van der Waals surface area contributed by atoms with E-state index in [1.54, 1.807) is 0 Å². The first-order valence-electron chi connectivity index (χ1n) is 3.84. The molecule has 0 amide bonds. The van der Waals surface area contributed by atoms with E-state index in [1.807, 2.05) is 0 Å². The van der Waals surface area contributed by atoms with Gasteiger partial charge in [0.15, 0.2) is 0 Å². The molecule has 0 atom stereocenters. The highest BCUT2D eigenvalue weighted by Crippen LogP contribution is 2.03. The van der Waals surface area contributed by atoms with E-state index in [2.05, 4.69) is 11.5 Å². The molecular weight excluding hydrogens is 142 g/mol. The number of carbonyl (C=O) groups excluding carboxylic acids is 1. The van der Waals surface area contributed by atoms with Crippen LogP contribution in [0.4, 0.5) is 0 Å². The van der Waals surface area contributed by atoms with E-state index in [1.165, 1.54) is 19.2 Å². The minimum Gasteiger partial charge on any atom is -0.462 e. The molecule has 3 nitrogen and oxygen atoms in total. The number of esters is 1. The highest BCUT2D eigenvalue weighted by Gasteiger charge is 2.15. The molecule has 0 aromatic carbocycles. The molecule has 0 bridgehead atoms. The first-order valence-corrected chi connectivity index (χ1v) is 3.84. The molecule has 1 aliphatic heterocycles. The van der Waals surface area contributed by atoms with Gasteiger partial charge < -0.3 is 9.64 Å². The van der Waals surface area contributed by atoms with Gasteiger partial charge in [-0.15, -0.1) is 0 Å². The normalized spacial score (nSPS) is 16.0. The summed E-state index contributed by atoms with van der Waals surface area (Å²) in [5, 5.41) is 0. The minimum absolute atomic E-state index is 0.323. The number of hydrogen-bond donors (Lipinski definition) is 0. The highest BCUT2D eigenvalue weighted by molar-refractivity contribution is 5.81. The third-order valence-corrected chi connectivity index (χ3v) is 1.57. The van der Waals surface area contributed by atoms with E-state index in [0.29, 0.717) is 6.61 Å². The van der Waals surface area contributed by atoms with Gasteiger partial charge in [-0.1, -0.05) is 6.58 Å². The predicted octanol–water partition coefficient (Wildman–Crippen LogP) is 0.421. The first kappa shape index (κ1) is 8.27. The molecule has 1 aliphatic rings. The van der Waals surface area contributed by atoms with Crippen LogP contribution in [0.1, 0.15) is 6.42 Å². The average Bonchev–Trinajstić information content (AvgIpc) is 2.81. The van der Waals surface area contributed by atoms with Crippen LogP contribution in [0.15, 0.2) is 12.7 Å². The lowest BCUT2D eigenvalue weighted by Gasteiger charge is -2.01. The Labute approximate surface area is 66.6 Å². The number of hydrogen-bond acceptors (Lipinski definition) is 3. The maximum atomic E-state index is 10.5. The number of ether oxygens (including phenoxy) is 1. The zero-order valence-corrected chi connectivity index (χ0v) is 6.58. The van der Waals surface area contributed by atoms with Crippen LogP contribution in [0.2, 0.25) is 0 Å². The summed E-state index contributed by atoms with van der Waals surface area (Å²) in [6.45, 7) is 7.27. The second kappa shape index (κ2) is 4.13. The first-order chi connectivity index (χ1) is 5.33. The lowest BCUT2D eigenvalue weighted by Crippen LogP contribution is -2.07. The van der Waals surface area contributed by atoms with Crippen LogP contribution in [0.5, 0.6) is 0 Å². The van der Waals surface area contributed by atoms with Crippen LogP contribution in [-0.2, 0) is 9.53 Å². The van der Waals surface area contributed by atoms with Crippen LogP contribution in [-0.4, -0.2) is 37.1 Å². The highest BCUT2D eigenvalue weighted by atomic mass is 16.5. The van der Waals surface area contributed by atoms with Crippen molar-refractivity contribution in [2.24, 2.45) is 0 Å². The Balaban J connectivity index is 1.86. The smallest absolute Gasteiger partial charge is 0.330 e. The third-order valence-electron chi connectivity index (χ3n) is 1.57.